The van der Waals surface area contributed by atoms with Crippen molar-refractivity contribution in [3.8, 4) is 23.0 Å². The summed E-state index contributed by atoms with van der Waals surface area (Å²) in [4.78, 5) is 11.2. The Bertz CT molecular complexity index is 724. The Morgan fingerprint density at radius 3 is 1.92 bits per heavy atom. The Balaban J connectivity index is 2.40. The monoisotopic (exact) mass is 328 g/mol. The van der Waals surface area contributed by atoms with Gasteiger partial charge in [0, 0.05) is 5.56 Å². The van der Waals surface area contributed by atoms with Gasteiger partial charge in [-0.1, -0.05) is 18.2 Å². The van der Waals surface area contributed by atoms with Crippen LogP contribution >= 0.6 is 0 Å². The molecule has 2 rings (SSSR count). The van der Waals surface area contributed by atoms with Gasteiger partial charge in [-0.25, -0.2) is 0 Å². The Hall–Kier alpha value is -2.95. The molecule has 5 heteroatoms. The van der Waals surface area contributed by atoms with E-state index in [9.17, 15) is 4.79 Å². The van der Waals surface area contributed by atoms with Crippen molar-refractivity contribution in [1.29, 1.82) is 0 Å². The van der Waals surface area contributed by atoms with Crippen LogP contribution in [-0.4, -0.2) is 34.7 Å². The van der Waals surface area contributed by atoms with Crippen molar-refractivity contribution in [1.82, 2.24) is 0 Å². The molecular formula is C19H20O5. The van der Waals surface area contributed by atoms with Crippen molar-refractivity contribution in [2.75, 3.05) is 28.4 Å². The smallest absolute Gasteiger partial charge is 0.203 e. The van der Waals surface area contributed by atoms with Gasteiger partial charge < -0.3 is 18.9 Å². The van der Waals surface area contributed by atoms with Crippen LogP contribution in [0.3, 0.4) is 0 Å². The number of carbonyl (C=O) groups is 1. The Morgan fingerprint density at radius 1 is 0.750 bits per heavy atom. The summed E-state index contributed by atoms with van der Waals surface area (Å²) in [7, 11) is 6.26. The van der Waals surface area contributed by atoms with E-state index in [-0.39, 0.29) is 0 Å². The van der Waals surface area contributed by atoms with E-state index < -0.39 is 0 Å². The summed E-state index contributed by atoms with van der Waals surface area (Å²) in [5.41, 5.74) is 2.20. The van der Waals surface area contributed by atoms with E-state index in [0.29, 0.717) is 28.6 Å². The summed E-state index contributed by atoms with van der Waals surface area (Å²) < 4.78 is 21.1. The summed E-state index contributed by atoms with van der Waals surface area (Å²) in [6.07, 6.45) is 4.53. The summed E-state index contributed by atoms with van der Waals surface area (Å²) >= 11 is 0. The van der Waals surface area contributed by atoms with Gasteiger partial charge in [-0.2, -0.15) is 0 Å². The summed E-state index contributed by atoms with van der Waals surface area (Å²) in [5, 5.41) is 0. The number of ether oxygens (including phenoxy) is 4. The average Bonchev–Trinajstić information content (AvgIpc) is 2.64. The molecule has 0 saturated heterocycles. The first-order valence-electron chi connectivity index (χ1n) is 7.28. The maximum atomic E-state index is 11.2. The average molecular weight is 328 g/mol. The Morgan fingerprint density at radius 2 is 1.42 bits per heavy atom. The quantitative estimate of drug-likeness (QED) is 0.573. The maximum absolute atomic E-state index is 11.2. The van der Waals surface area contributed by atoms with Gasteiger partial charge in [-0.15, -0.1) is 0 Å². The van der Waals surface area contributed by atoms with Crippen LogP contribution in [0.2, 0.25) is 0 Å². The summed E-state index contributed by atoms with van der Waals surface area (Å²) in [5.74, 6) is 2.32. The third-order valence-electron chi connectivity index (χ3n) is 3.56. The molecule has 2 aromatic carbocycles. The highest BCUT2D eigenvalue weighted by Gasteiger charge is 2.12. The normalized spacial score (nSPS) is 10.5. The lowest BCUT2D eigenvalue weighted by molar-refractivity contribution is 0.112. The van der Waals surface area contributed by atoms with Crippen LogP contribution in [-0.2, 0) is 0 Å². The molecule has 5 nitrogen and oxygen atoms in total. The zero-order chi connectivity index (χ0) is 17.5. The van der Waals surface area contributed by atoms with Gasteiger partial charge in [0.25, 0.3) is 0 Å². The van der Waals surface area contributed by atoms with Gasteiger partial charge in [0.05, 0.1) is 28.4 Å². The molecule has 0 aliphatic heterocycles. The number of benzene rings is 2. The van der Waals surface area contributed by atoms with Crippen LogP contribution in [0, 0.1) is 0 Å². The van der Waals surface area contributed by atoms with E-state index in [1.807, 2.05) is 36.4 Å². The van der Waals surface area contributed by atoms with Crippen LogP contribution in [0.4, 0.5) is 0 Å². The molecule has 24 heavy (non-hydrogen) atoms. The topological polar surface area (TPSA) is 54.0 Å². The lowest BCUT2D eigenvalue weighted by Gasteiger charge is -2.12. The second kappa shape index (κ2) is 8.06. The minimum absolute atomic E-state index is 0.537. The van der Waals surface area contributed by atoms with Gasteiger partial charge in [-0.3, -0.25) is 4.79 Å². The maximum Gasteiger partial charge on any atom is 0.203 e. The largest absolute Gasteiger partial charge is 0.497 e. The molecule has 0 bridgehead atoms. The van der Waals surface area contributed by atoms with E-state index in [1.165, 1.54) is 0 Å². The minimum Gasteiger partial charge on any atom is -0.497 e. The number of rotatable bonds is 7. The van der Waals surface area contributed by atoms with E-state index >= 15 is 0 Å². The minimum atomic E-state index is 0.537. The summed E-state index contributed by atoms with van der Waals surface area (Å²) in [6.45, 7) is 0. The van der Waals surface area contributed by atoms with Crippen LogP contribution in [0.5, 0.6) is 23.0 Å². The molecule has 126 valence electrons. The number of hydrogen-bond acceptors (Lipinski definition) is 5. The summed E-state index contributed by atoms with van der Waals surface area (Å²) in [6, 6.07) is 9.00. The van der Waals surface area contributed by atoms with E-state index in [2.05, 4.69) is 0 Å². The number of hydrogen-bond donors (Lipinski definition) is 0. The molecule has 0 saturated carbocycles. The molecule has 0 aliphatic carbocycles. The van der Waals surface area contributed by atoms with Crippen molar-refractivity contribution in [3.63, 3.8) is 0 Å². The molecule has 0 radical (unpaired) electrons. The second-order valence-corrected chi connectivity index (χ2v) is 4.90. The molecule has 0 heterocycles. The molecule has 0 N–H and O–H groups in total. The highest BCUT2D eigenvalue weighted by Crippen LogP contribution is 2.38. The zero-order valence-electron chi connectivity index (χ0n) is 14.2. The van der Waals surface area contributed by atoms with Crippen LogP contribution in [0.25, 0.3) is 12.2 Å². The molecule has 0 spiro atoms. The standard InChI is InChI=1S/C19H20O5/c1-21-16-8-7-14(15(11-16)12-20)6-5-13-9-17(22-2)19(24-4)18(10-13)23-3/h5-12H,1-4H3/b6-5-. The van der Waals surface area contributed by atoms with Crippen molar-refractivity contribution >= 4 is 18.4 Å². The molecule has 0 aliphatic rings. The fourth-order valence-corrected chi connectivity index (χ4v) is 2.32. The Kier molecular flexibility index (Phi) is 5.84. The molecule has 0 fully saturated rings. The van der Waals surface area contributed by atoms with Gasteiger partial charge >= 0.3 is 0 Å². The first-order chi connectivity index (χ1) is 11.7. The van der Waals surface area contributed by atoms with Crippen LogP contribution in [0.15, 0.2) is 30.3 Å². The van der Waals surface area contributed by atoms with E-state index in [0.717, 1.165) is 17.4 Å². The highest BCUT2D eigenvalue weighted by molar-refractivity contribution is 5.86. The first-order valence-corrected chi connectivity index (χ1v) is 7.28. The number of aldehydes is 1. The van der Waals surface area contributed by atoms with Crippen LogP contribution in [0.1, 0.15) is 21.5 Å². The van der Waals surface area contributed by atoms with Crippen molar-refractivity contribution in [3.05, 3.63) is 47.0 Å². The van der Waals surface area contributed by atoms with Gasteiger partial charge in [0.2, 0.25) is 5.75 Å². The molecular weight excluding hydrogens is 308 g/mol. The molecule has 0 atom stereocenters. The highest BCUT2D eigenvalue weighted by atomic mass is 16.5. The van der Waals surface area contributed by atoms with Crippen LogP contribution < -0.4 is 18.9 Å². The number of methoxy groups -OCH3 is 4. The first kappa shape index (κ1) is 17.4. The third kappa shape index (κ3) is 3.68. The lowest BCUT2D eigenvalue weighted by Crippen LogP contribution is -1.95. The predicted molar refractivity (Wildman–Crippen MR) is 93.4 cm³/mol. The van der Waals surface area contributed by atoms with E-state index in [1.54, 1.807) is 34.5 Å². The number of carbonyl (C=O) groups excluding carboxylic acids is 1. The molecule has 2 aromatic rings. The SMILES string of the molecule is COc1ccc(/C=C\c2cc(OC)c(OC)c(OC)c2)c(C=O)c1. The molecule has 0 aromatic heterocycles. The van der Waals surface area contributed by atoms with Crippen molar-refractivity contribution in [2.24, 2.45) is 0 Å². The fourth-order valence-electron chi connectivity index (χ4n) is 2.32. The third-order valence-corrected chi connectivity index (χ3v) is 3.56. The molecule has 0 unspecified atom stereocenters. The van der Waals surface area contributed by atoms with Gasteiger partial charge in [0.1, 0.15) is 5.75 Å². The van der Waals surface area contributed by atoms with Gasteiger partial charge in [0.15, 0.2) is 17.8 Å². The zero-order valence-corrected chi connectivity index (χ0v) is 14.2. The second-order valence-electron chi connectivity index (χ2n) is 4.90. The molecule has 0 amide bonds. The lowest BCUT2D eigenvalue weighted by atomic mass is 10.1. The van der Waals surface area contributed by atoms with Crippen molar-refractivity contribution < 1.29 is 23.7 Å². The van der Waals surface area contributed by atoms with Gasteiger partial charge in [-0.05, 0) is 35.4 Å². The predicted octanol–water partition coefficient (Wildman–Crippen LogP) is 3.70. The van der Waals surface area contributed by atoms with Crippen molar-refractivity contribution in [2.45, 2.75) is 0 Å². The fraction of sp³-hybridized carbons (Fsp3) is 0.211. The van der Waals surface area contributed by atoms with E-state index in [4.69, 9.17) is 18.9 Å². The Labute approximate surface area is 141 Å².